The second-order valence-electron chi connectivity index (χ2n) is 4.63. The number of aliphatic hydroxyl groups excluding tert-OH is 1. The number of anilines is 1. The van der Waals surface area contributed by atoms with Crippen LogP contribution < -0.4 is 4.90 Å². The van der Waals surface area contributed by atoms with Crippen LogP contribution in [0.2, 0.25) is 0 Å². The molecule has 1 unspecified atom stereocenters. The fourth-order valence-corrected chi connectivity index (χ4v) is 2.60. The van der Waals surface area contributed by atoms with Crippen LogP contribution in [0.15, 0.2) is 12.5 Å². The zero-order chi connectivity index (χ0) is 12.1. The molecular weight excluding hydrogens is 214 g/mol. The van der Waals surface area contributed by atoms with Gasteiger partial charge in [-0.25, -0.2) is 9.97 Å². The Morgan fingerprint density at radius 1 is 1.41 bits per heavy atom. The third-order valence-corrected chi connectivity index (χ3v) is 3.56. The van der Waals surface area contributed by atoms with E-state index in [9.17, 15) is 5.11 Å². The molecule has 1 saturated heterocycles. The normalized spacial score (nSPS) is 21.3. The monoisotopic (exact) mass is 235 g/mol. The van der Waals surface area contributed by atoms with E-state index in [0.29, 0.717) is 6.04 Å². The molecule has 0 spiro atoms. The Bertz CT molecular complexity index is 356. The number of hydrogen-bond acceptors (Lipinski definition) is 4. The van der Waals surface area contributed by atoms with E-state index in [2.05, 4.69) is 21.8 Å². The van der Waals surface area contributed by atoms with Crippen molar-refractivity contribution in [1.82, 2.24) is 9.97 Å². The smallest absolute Gasteiger partial charge is 0.137 e. The highest BCUT2D eigenvalue weighted by atomic mass is 16.3. The molecule has 0 aliphatic carbocycles. The molecule has 0 aromatic carbocycles. The summed E-state index contributed by atoms with van der Waals surface area (Å²) in [5, 5.41) is 9.37. The van der Waals surface area contributed by atoms with Crippen LogP contribution in [-0.2, 0) is 6.61 Å². The molecule has 0 saturated carbocycles. The lowest BCUT2D eigenvalue weighted by Gasteiger charge is -2.31. The summed E-state index contributed by atoms with van der Waals surface area (Å²) in [6, 6.07) is 0.553. The highest BCUT2D eigenvalue weighted by Gasteiger charge is 2.22. The van der Waals surface area contributed by atoms with Gasteiger partial charge in [0.1, 0.15) is 12.1 Å². The summed E-state index contributed by atoms with van der Waals surface area (Å²) in [5.41, 5.74) is 0.841. The topological polar surface area (TPSA) is 49.2 Å². The lowest BCUT2D eigenvalue weighted by Crippen LogP contribution is -2.35. The van der Waals surface area contributed by atoms with Crippen molar-refractivity contribution < 1.29 is 5.11 Å². The van der Waals surface area contributed by atoms with Crippen LogP contribution in [-0.4, -0.2) is 27.7 Å². The van der Waals surface area contributed by atoms with E-state index in [4.69, 9.17) is 0 Å². The van der Waals surface area contributed by atoms with Gasteiger partial charge in [0.2, 0.25) is 0 Å². The van der Waals surface area contributed by atoms with Gasteiger partial charge in [-0.3, -0.25) is 0 Å². The predicted octanol–water partition coefficient (Wildman–Crippen LogP) is 2.13. The highest BCUT2D eigenvalue weighted by molar-refractivity contribution is 5.46. The molecule has 0 amide bonds. The molecule has 1 aliphatic heterocycles. The molecule has 17 heavy (non-hydrogen) atoms. The van der Waals surface area contributed by atoms with E-state index in [1.54, 1.807) is 12.5 Å². The predicted molar refractivity (Wildman–Crippen MR) is 67.8 cm³/mol. The Morgan fingerprint density at radius 3 is 3.06 bits per heavy atom. The van der Waals surface area contributed by atoms with Crippen molar-refractivity contribution in [2.24, 2.45) is 0 Å². The van der Waals surface area contributed by atoms with Crippen LogP contribution in [0.4, 0.5) is 5.82 Å². The van der Waals surface area contributed by atoms with Crippen molar-refractivity contribution >= 4 is 5.82 Å². The zero-order valence-electron chi connectivity index (χ0n) is 10.5. The maximum absolute atomic E-state index is 9.37. The van der Waals surface area contributed by atoms with Gasteiger partial charge in [-0.15, -0.1) is 0 Å². The SMILES string of the molecule is CCC1CCCCCN1c1ncncc1CO. The largest absolute Gasteiger partial charge is 0.391 e. The molecule has 2 heterocycles. The van der Waals surface area contributed by atoms with Crippen LogP contribution >= 0.6 is 0 Å². The molecule has 0 radical (unpaired) electrons. The van der Waals surface area contributed by atoms with E-state index < -0.39 is 0 Å². The minimum absolute atomic E-state index is 0.0170. The summed E-state index contributed by atoms with van der Waals surface area (Å²) in [6.45, 7) is 3.29. The maximum atomic E-state index is 9.37. The summed E-state index contributed by atoms with van der Waals surface area (Å²) in [7, 11) is 0. The van der Waals surface area contributed by atoms with Crippen LogP contribution in [0.3, 0.4) is 0 Å². The van der Waals surface area contributed by atoms with Gasteiger partial charge in [0.05, 0.1) is 6.61 Å². The van der Waals surface area contributed by atoms with E-state index in [0.717, 1.165) is 24.3 Å². The molecule has 1 N–H and O–H groups in total. The van der Waals surface area contributed by atoms with E-state index in [1.807, 2.05) is 0 Å². The first-order valence-electron chi connectivity index (χ1n) is 6.53. The van der Waals surface area contributed by atoms with Crippen molar-refractivity contribution in [3.63, 3.8) is 0 Å². The standard InChI is InChI=1S/C13H21N3O/c1-2-12-6-4-3-5-7-16(12)13-11(9-17)8-14-10-15-13/h8,10,12,17H,2-7,9H2,1H3. The molecule has 1 fully saturated rings. The third kappa shape index (κ3) is 2.75. The van der Waals surface area contributed by atoms with E-state index >= 15 is 0 Å². The van der Waals surface area contributed by atoms with Gasteiger partial charge < -0.3 is 10.0 Å². The Labute approximate surface area is 103 Å². The molecule has 4 heteroatoms. The average Bonchev–Trinajstić information content (AvgIpc) is 2.63. The van der Waals surface area contributed by atoms with Gasteiger partial charge in [0.15, 0.2) is 0 Å². The van der Waals surface area contributed by atoms with Crippen LogP contribution in [0.1, 0.15) is 44.6 Å². The second kappa shape index (κ2) is 5.96. The van der Waals surface area contributed by atoms with Crippen LogP contribution in [0.25, 0.3) is 0 Å². The highest BCUT2D eigenvalue weighted by Crippen LogP contribution is 2.26. The molecule has 0 bridgehead atoms. The first kappa shape index (κ1) is 12.3. The molecule has 1 aromatic rings. The first-order valence-corrected chi connectivity index (χ1v) is 6.53. The summed E-state index contributed by atoms with van der Waals surface area (Å²) in [4.78, 5) is 10.7. The first-order chi connectivity index (χ1) is 8.36. The molecule has 94 valence electrons. The fraction of sp³-hybridized carbons (Fsp3) is 0.692. The fourth-order valence-electron chi connectivity index (χ4n) is 2.60. The minimum Gasteiger partial charge on any atom is -0.391 e. The Morgan fingerprint density at radius 2 is 2.29 bits per heavy atom. The van der Waals surface area contributed by atoms with Crippen LogP contribution in [0, 0.1) is 0 Å². The maximum Gasteiger partial charge on any atom is 0.137 e. The van der Waals surface area contributed by atoms with Crippen molar-refractivity contribution in [3.8, 4) is 0 Å². The molecule has 1 aromatic heterocycles. The van der Waals surface area contributed by atoms with E-state index in [1.165, 1.54) is 25.7 Å². The van der Waals surface area contributed by atoms with Gasteiger partial charge in [0, 0.05) is 24.3 Å². The number of aromatic nitrogens is 2. The third-order valence-electron chi connectivity index (χ3n) is 3.56. The lowest BCUT2D eigenvalue weighted by molar-refractivity contribution is 0.280. The number of hydrogen-bond donors (Lipinski definition) is 1. The summed E-state index contributed by atoms with van der Waals surface area (Å²) < 4.78 is 0. The van der Waals surface area contributed by atoms with Crippen molar-refractivity contribution in [1.29, 1.82) is 0 Å². The molecule has 2 rings (SSSR count). The van der Waals surface area contributed by atoms with Crippen molar-refractivity contribution in [2.75, 3.05) is 11.4 Å². The number of rotatable bonds is 3. The Kier molecular flexibility index (Phi) is 4.31. The number of nitrogens with zero attached hydrogens (tertiary/aromatic N) is 3. The minimum atomic E-state index is 0.0170. The van der Waals surface area contributed by atoms with Gasteiger partial charge in [0.25, 0.3) is 0 Å². The van der Waals surface area contributed by atoms with Gasteiger partial charge in [-0.05, 0) is 19.3 Å². The van der Waals surface area contributed by atoms with Gasteiger partial charge in [-0.1, -0.05) is 19.8 Å². The Hall–Kier alpha value is -1.16. The summed E-state index contributed by atoms with van der Waals surface area (Å²) in [6.07, 6.45) is 9.47. The van der Waals surface area contributed by atoms with Crippen molar-refractivity contribution in [3.05, 3.63) is 18.1 Å². The summed E-state index contributed by atoms with van der Waals surface area (Å²) in [5.74, 6) is 0.927. The van der Waals surface area contributed by atoms with Crippen molar-refractivity contribution in [2.45, 2.75) is 51.7 Å². The van der Waals surface area contributed by atoms with Gasteiger partial charge >= 0.3 is 0 Å². The number of aliphatic hydroxyl groups is 1. The zero-order valence-corrected chi connectivity index (χ0v) is 10.5. The summed E-state index contributed by atoms with van der Waals surface area (Å²) >= 11 is 0. The van der Waals surface area contributed by atoms with E-state index in [-0.39, 0.29) is 6.61 Å². The molecule has 1 aliphatic rings. The lowest BCUT2D eigenvalue weighted by atomic mass is 10.1. The van der Waals surface area contributed by atoms with Gasteiger partial charge in [-0.2, -0.15) is 0 Å². The Balaban J connectivity index is 2.28. The molecular formula is C13H21N3O. The molecule has 4 nitrogen and oxygen atoms in total. The van der Waals surface area contributed by atoms with Crippen LogP contribution in [0.5, 0.6) is 0 Å². The second-order valence-corrected chi connectivity index (χ2v) is 4.63. The quantitative estimate of drug-likeness (QED) is 0.872. The average molecular weight is 235 g/mol. The molecule has 1 atom stereocenters.